The van der Waals surface area contributed by atoms with Gasteiger partial charge in [0.25, 0.3) is 0 Å². The molecule has 0 radical (unpaired) electrons. The van der Waals surface area contributed by atoms with Crippen molar-refractivity contribution in [3.63, 3.8) is 0 Å². The molecule has 24 heavy (non-hydrogen) atoms. The van der Waals surface area contributed by atoms with Crippen LogP contribution >= 0.6 is 0 Å². The summed E-state index contributed by atoms with van der Waals surface area (Å²) in [5.74, 6) is 2.59. The molecule has 5 heteroatoms. The Labute approximate surface area is 148 Å². The third kappa shape index (κ3) is 5.92. The Kier molecular flexibility index (Phi) is 7.82. The average Bonchev–Trinajstić information content (AvgIpc) is 2.50. The molecule has 140 valence electrons. The number of aliphatic imine (C=N–C) groups is 1. The van der Waals surface area contributed by atoms with Gasteiger partial charge in [-0.2, -0.15) is 0 Å². The first-order valence-electron chi connectivity index (χ1n) is 9.73. The van der Waals surface area contributed by atoms with Crippen molar-refractivity contribution in [1.82, 2.24) is 15.5 Å². The van der Waals surface area contributed by atoms with Crippen LogP contribution in [-0.2, 0) is 4.74 Å². The van der Waals surface area contributed by atoms with Gasteiger partial charge in [-0.3, -0.25) is 4.99 Å². The second-order valence-electron chi connectivity index (χ2n) is 8.15. The van der Waals surface area contributed by atoms with Crippen molar-refractivity contribution in [3.05, 3.63) is 0 Å². The Morgan fingerprint density at radius 3 is 2.46 bits per heavy atom. The van der Waals surface area contributed by atoms with E-state index in [9.17, 15) is 0 Å². The Morgan fingerprint density at radius 2 is 1.92 bits per heavy atom. The molecule has 1 aliphatic carbocycles. The molecule has 0 aromatic heterocycles. The normalized spacial score (nSPS) is 27.6. The molecule has 2 unspecified atom stereocenters. The summed E-state index contributed by atoms with van der Waals surface area (Å²) < 4.78 is 5.28. The molecular weight excluding hydrogens is 300 g/mol. The maximum absolute atomic E-state index is 5.28. The first-order chi connectivity index (χ1) is 11.6. The Hall–Kier alpha value is -0.810. The molecule has 1 saturated heterocycles. The number of rotatable bonds is 8. The van der Waals surface area contributed by atoms with Crippen LogP contribution in [0.15, 0.2) is 4.99 Å². The molecule has 1 saturated carbocycles. The third-order valence-electron chi connectivity index (χ3n) is 5.77. The molecule has 2 rings (SSSR count). The monoisotopic (exact) mass is 338 g/mol. The van der Waals surface area contributed by atoms with Gasteiger partial charge in [-0.1, -0.05) is 20.3 Å². The summed E-state index contributed by atoms with van der Waals surface area (Å²) in [5, 5.41) is 7.03. The highest BCUT2D eigenvalue weighted by molar-refractivity contribution is 5.79. The number of ether oxygens (including phenoxy) is 1. The van der Waals surface area contributed by atoms with Gasteiger partial charge >= 0.3 is 0 Å². The van der Waals surface area contributed by atoms with E-state index in [0.29, 0.717) is 5.41 Å². The van der Waals surface area contributed by atoms with Gasteiger partial charge in [0, 0.05) is 53.5 Å². The largest absolute Gasteiger partial charge is 0.385 e. The fourth-order valence-corrected chi connectivity index (χ4v) is 4.31. The minimum Gasteiger partial charge on any atom is -0.385 e. The number of guanidine groups is 1. The smallest absolute Gasteiger partial charge is 0.191 e. The number of hydrogen-bond donors (Lipinski definition) is 2. The van der Waals surface area contributed by atoms with Crippen LogP contribution in [0.4, 0.5) is 0 Å². The van der Waals surface area contributed by atoms with Gasteiger partial charge in [-0.15, -0.1) is 0 Å². The fourth-order valence-electron chi connectivity index (χ4n) is 4.31. The number of likely N-dealkylation sites (tertiary alicyclic amines) is 1. The van der Waals surface area contributed by atoms with Crippen LogP contribution in [0.5, 0.6) is 0 Å². The van der Waals surface area contributed by atoms with E-state index in [1.807, 2.05) is 7.05 Å². The predicted octanol–water partition coefficient (Wildman–Crippen LogP) is 2.34. The number of piperidine rings is 1. The molecule has 0 aromatic rings. The van der Waals surface area contributed by atoms with Gasteiger partial charge in [0.2, 0.25) is 0 Å². The van der Waals surface area contributed by atoms with E-state index < -0.39 is 0 Å². The van der Waals surface area contributed by atoms with Gasteiger partial charge < -0.3 is 20.3 Å². The molecular formula is C19H38N4O. The van der Waals surface area contributed by atoms with E-state index in [0.717, 1.165) is 50.5 Å². The molecule has 5 nitrogen and oxygen atoms in total. The van der Waals surface area contributed by atoms with E-state index in [1.54, 1.807) is 7.11 Å². The first kappa shape index (κ1) is 19.5. The highest BCUT2D eigenvalue weighted by Gasteiger charge is 2.36. The maximum atomic E-state index is 5.28. The van der Waals surface area contributed by atoms with Crippen LogP contribution in [-0.4, -0.2) is 64.3 Å². The lowest BCUT2D eigenvalue weighted by atomic mass is 9.67. The summed E-state index contributed by atoms with van der Waals surface area (Å²) in [7, 11) is 3.66. The number of nitrogens with one attached hydrogen (secondary N) is 2. The van der Waals surface area contributed by atoms with Gasteiger partial charge in [0.05, 0.1) is 0 Å². The molecule has 0 spiro atoms. The summed E-state index contributed by atoms with van der Waals surface area (Å²) in [4.78, 5) is 6.98. The molecule has 0 aromatic carbocycles. The zero-order chi connectivity index (χ0) is 17.4. The first-order valence-corrected chi connectivity index (χ1v) is 9.73. The van der Waals surface area contributed by atoms with Crippen molar-refractivity contribution in [2.45, 2.75) is 46.0 Å². The molecule has 1 heterocycles. The van der Waals surface area contributed by atoms with Crippen molar-refractivity contribution < 1.29 is 4.74 Å². The van der Waals surface area contributed by atoms with Crippen molar-refractivity contribution in [2.24, 2.45) is 22.2 Å². The van der Waals surface area contributed by atoms with Gasteiger partial charge in [0.1, 0.15) is 0 Å². The summed E-state index contributed by atoms with van der Waals surface area (Å²) in [6.07, 6.45) is 6.49. The summed E-state index contributed by atoms with van der Waals surface area (Å²) >= 11 is 0. The second-order valence-corrected chi connectivity index (χ2v) is 8.15. The SMILES string of the molecule is CN=C(NCCN1CC(C)CC(C)C1)NCC1(CCOC)CCC1. The third-order valence-corrected chi connectivity index (χ3v) is 5.77. The summed E-state index contributed by atoms with van der Waals surface area (Å²) in [6, 6.07) is 0. The minimum atomic E-state index is 0.422. The summed E-state index contributed by atoms with van der Waals surface area (Å²) in [6.45, 7) is 11.1. The van der Waals surface area contributed by atoms with Crippen LogP contribution in [0.2, 0.25) is 0 Å². The van der Waals surface area contributed by atoms with Crippen molar-refractivity contribution in [3.8, 4) is 0 Å². The van der Waals surface area contributed by atoms with Crippen LogP contribution in [0.25, 0.3) is 0 Å². The number of hydrogen-bond acceptors (Lipinski definition) is 3. The maximum Gasteiger partial charge on any atom is 0.191 e. The lowest BCUT2D eigenvalue weighted by Crippen LogP contribution is -2.49. The topological polar surface area (TPSA) is 48.9 Å². The van der Waals surface area contributed by atoms with Crippen LogP contribution in [0.3, 0.4) is 0 Å². The molecule has 2 fully saturated rings. The van der Waals surface area contributed by atoms with Gasteiger partial charge in [-0.25, -0.2) is 0 Å². The Bertz CT molecular complexity index is 385. The predicted molar refractivity (Wildman–Crippen MR) is 102 cm³/mol. The molecule has 2 atom stereocenters. The van der Waals surface area contributed by atoms with Gasteiger partial charge in [0.15, 0.2) is 5.96 Å². The molecule has 0 bridgehead atoms. The van der Waals surface area contributed by atoms with E-state index >= 15 is 0 Å². The van der Waals surface area contributed by atoms with Crippen molar-refractivity contribution in [2.75, 3.05) is 53.5 Å². The molecule has 2 N–H and O–H groups in total. The van der Waals surface area contributed by atoms with Crippen LogP contribution in [0.1, 0.15) is 46.0 Å². The fraction of sp³-hybridized carbons (Fsp3) is 0.947. The Balaban J connectivity index is 1.67. The number of nitrogens with zero attached hydrogens (tertiary/aromatic N) is 2. The molecule has 2 aliphatic rings. The molecule has 0 amide bonds. The standard InChI is InChI=1S/C19H38N4O/c1-16-12-17(2)14-23(13-16)10-9-21-18(20-3)22-15-19(6-5-7-19)8-11-24-4/h16-17H,5-15H2,1-4H3,(H2,20,21,22). The van der Waals surface area contributed by atoms with Crippen LogP contribution < -0.4 is 10.6 Å². The lowest BCUT2D eigenvalue weighted by molar-refractivity contribution is 0.0732. The zero-order valence-corrected chi connectivity index (χ0v) is 16.2. The van der Waals surface area contributed by atoms with E-state index in [-0.39, 0.29) is 0 Å². The zero-order valence-electron chi connectivity index (χ0n) is 16.2. The van der Waals surface area contributed by atoms with Crippen LogP contribution in [0, 0.1) is 17.3 Å². The summed E-state index contributed by atoms with van der Waals surface area (Å²) in [5.41, 5.74) is 0.422. The van der Waals surface area contributed by atoms with E-state index in [1.165, 1.54) is 38.8 Å². The minimum absolute atomic E-state index is 0.422. The van der Waals surface area contributed by atoms with E-state index in [4.69, 9.17) is 4.74 Å². The Morgan fingerprint density at radius 1 is 1.21 bits per heavy atom. The molecule has 1 aliphatic heterocycles. The second kappa shape index (κ2) is 9.62. The lowest BCUT2D eigenvalue weighted by Gasteiger charge is -2.42. The van der Waals surface area contributed by atoms with Gasteiger partial charge in [-0.05, 0) is 42.9 Å². The quantitative estimate of drug-likeness (QED) is 0.527. The highest BCUT2D eigenvalue weighted by Crippen LogP contribution is 2.43. The average molecular weight is 339 g/mol. The van der Waals surface area contributed by atoms with E-state index in [2.05, 4.69) is 34.4 Å². The highest BCUT2D eigenvalue weighted by atomic mass is 16.5. The number of methoxy groups -OCH3 is 1. The van der Waals surface area contributed by atoms with Crippen molar-refractivity contribution in [1.29, 1.82) is 0 Å². The van der Waals surface area contributed by atoms with Crippen molar-refractivity contribution >= 4 is 5.96 Å².